The maximum atomic E-state index is 2.44. The van der Waals surface area contributed by atoms with Crippen LogP contribution in [0.2, 0.25) is 0 Å². The van der Waals surface area contributed by atoms with E-state index in [9.17, 15) is 0 Å². The maximum absolute atomic E-state index is 2.44. The van der Waals surface area contributed by atoms with Crippen LogP contribution >= 0.6 is 22.7 Å². The van der Waals surface area contributed by atoms with Gasteiger partial charge in [0, 0.05) is 40.3 Å². The predicted molar refractivity (Wildman–Crippen MR) is 221 cm³/mol. The fraction of sp³-hybridized carbons (Fsp3) is 0. The molecular formula is C48H28S2. The van der Waals surface area contributed by atoms with E-state index in [2.05, 4.69) is 170 Å². The molecule has 11 aromatic rings. The van der Waals surface area contributed by atoms with Crippen molar-refractivity contribution in [3.63, 3.8) is 0 Å². The Balaban J connectivity index is 1.25. The average molecular weight is 669 g/mol. The third-order valence-electron chi connectivity index (χ3n) is 10.4. The maximum Gasteiger partial charge on any atom is 0.0355 e. The van der Waals surface area contributed by atoms with E-state index in [-0.39, 0.29) is 0 Å². The Morgan fingerprint density at radius 3 is 1.30 bits per heavy atom. The first-order valence-corrected chi connectivity index (χ1v) is 18.7. The predicted octanol–water partition coefficient (Wildman–Crippen LogP) is 14.9. The van der Waals surface area contributed by atoms with Crippen molar-refractivity contribution in [3.8, 4) is 33.4 Å². The molecule has 0 radical (unpaired) electrons. The molecular weight excluding hydrogens is 641 g/mol. The molecule has 2 heterocycles. The van der Waals surface area contributed by atoms with Gasteiger partial charge >= 0.3 is 0 Å². The Morgan fingerprint density at radius 2 is 0.660 bits per heavy atom. The SMILES string of the molecule is c1ccc2cc(-c3ccc4c(-c5ccc6sc7ccccc7c6c5)c5ccccc5c(-c5ccc6sc7ccccc7c6c5)c4c3)ccc2c1. The summed E-state index contributed by atoms with van der Waals surface area (Å²) in [4.78, 5) is 0. The summed E-state index contributed by atoms with van der Waals surface area (Å²) in [6.07, 6.45) is 0. The minimum Gasteiger partial charge on any atom is -0.135 e. The second kappa shape index (κ2) is 10.9. The van der Waals surface area contributed by atoms with Crippen molar-refractivity contribution >= 4 is 95.3 Å². The lowest BCUT2D eigenvalue weighted by atomic mass is 9.84. The van der Waals surface area contributed by atoms with Crippen LogP contribution in [-0.2, 0) is 0 Å². The largest absolute Gasteiger partial charge is 0.135 e. The highest BCUT2D eigenvalue weighted by Gasteiger charge is 2.19. The van der Waals surface area contributed by atoms with Crippen molar-refractivity contribution in [1.82, 2.24) is 0 Å². The van der Waals surface area contributed by atoms with E-state index < -0.39 is 0 Å². The van der Waals surface area contributed by atoms with E-state index in [4.69, 9.17) is 0 Å². The second-order valence-corrected chi connectivity index (χ2v) is 15.4. The van der Waals surface area contributed by atoms with Crippen LogP contribution in [-0.4, -0.2) is 0 Å². The van der Waals surface area contributed by atoms with Crippen LogP contribution < -0.4 is 0 Å². The van der Waals surface area contributed by atoms with Crippen LogP contribution in [0.25, 0.3) is 106 Å². The van der Waals surface area contributed by atoms with Gasteiger partial charge in [-0.2, -0.15) is 0 Å². The molecule has 0 saturated carbocycles. The normalized spacial score (nSPS) is 12.0. The first kappa shape index (κ1) is 28.1. The summed E-state index contributed by atoms with van der Waals surface area (Å²) in [6, 6.07) is 63.4. The van der Waals surface area contributed by atoms with Gasteiger partial charge in [-0.3, -0.25) is 0 Å². The molecule has 0 unspecified atom stereocenters. The van der Waals surface area contributed by atoms with Gasteiger partial charge in [-0.15, -0.1) is 22.7 Å². The summed E-state index contributed by atoms with van der Waals surface area (Å²) in [5.41, 5.74) is 7.56. The highest BCUT2D eigenvalue weighted by molar-refractivity contribution is 7.26. The molecule has 50 heavy (non-hydrogen) atoms. The zero-order chi connectivity index (χ0) is 32.8. The Hall–Kier alpha value is -5.80. The Morgan fingerprint density at radius 1 is 0.240 bits per heavy atom. The molecule has 232 valence electrons. The molecule has 0 aliphatic heterocycles. The van der Waals surface area contributed by atoms with Gasteiger partial charge in [0.05, 0.1) is 0 Å². The molecule has 0 spiro atoms. The summed E-state index contributed by atoms with van der Waals surface area (Å²) < 4.78 is 5.32. The van der Waals surface area contributed by atoms with Gasteiger partial charge in [-0.05, 0) is 114 Å². The third-order valence-corrected chi connectivity index (χ3v) is 12.7. The minimum absolute atomic E-state index is 1.23. The third kappa shape index (κ3) is 4.23. The minimum atomic E-state index is 1.23. The van der Waals surface area contributed by atoms with Gasteiger partial charge in [0.25, 0.3) is 0 Å². The molecule has 0 bridgehead atoms. The molecule has 2 heteroatoms. The van der Waals surface area contributed by atoms with E-state index in [0.717, 1.165) is 0 Å². The lowest BCUT2D eigenvalue weighted by molar-refractivity contribution is 1.66. The van der Waals surface area contributed by atoms with Crippen LogP contribution in [0, 0.1) is 0 Å². The fourth-order valence-electron chi connectivity index (χ4n) is 8.11. The second-order valence-electron chi connectivity index (χ2n) is 13.2. The van der Waals surface area contributed by atoms with E-state index in [1.54, 1.807) is 0 Å². The molecule has 0 saturated heterocycles. The van der Waals surface area contributed by atoms with Crippen molar-refractivity contribution in [2.45, 2.75) is 0 Å². The van der Waals surface area contributed by atoms with Crippen molar-refractivity contribution in [2.24, 2.45) is 0 Å². The topological polar surface area (TPSA) is 0 Å². The highest BCUT2D eigenvalue weighted by Crippen LogP contribution is 2.47. The number of hydrogen-bond acceptors (Lipinski definition) is 2. The number of thiophene rings is 2. The smallest absolute Gasteiger partial charge is 0.0355 e. The Kier molecular flexibility index (Phi) is 6.09. The molecule has 0 amide bonds. The van der Waals surface area contributed by atoms with Crippen LogP contribution in [0.1, 0.15) is 0 Å². The lowest BCUT2D eigenvalue weighted by Gasteiger charge is -2.19. The van der Waals surface area contributed by atoms with Gasteiger partial charge < -0.3 is 0 Å². The number of fused-ring (bicyclic) bond motifs is 9. The molecule has 11 rings (SSSR count). The van der Waals surface area contributed by atoms with Crippen LogP contribution in [0.3, 0.4) is 0 Å². The van der Waals surface area contributed by atoms with Gasteiger partial charge in [-0.1, -0.05) is 121 Å². The van der Waals surface area contributed by atoms with E-state index in [1.165, 1.54) is 106 Å². The number of hydrogen-bond donors (Lipinski definition) is 0. The molecule has 9 aromatic carbocycles. The number of rotatable bonds is 3. The zero-order valence-corrected chi connectivity index (χ0v) is 28.6. The van der Waals surface area contributed by atoms with Crippen LogP contribution in [0.4, 0.5) is 0 Å². The Labute approximate surface area is 297 Å². The number of benzene rings is 9. The molecule has 0 aliphatic carbocycles. The van der Waals surface area contributed by atoms with Crippen molar-refractivity contribution in [2.75, 3.05) is 0 Å². The first-order chi connectivity index (χ1) is 24.8. The summed E-state index contributed by atoms with van der Waals surface area (Å²) in [5.74, 6) is 0. The summed E-state index contributed by atoms with van der Waals surface area (Å²) in [5, 5.41) is 12.9. The molecule has 0 fully saturated rings. The Bertz CT molecular complexity index is 3160. The molecule has 0 aliphatic rings. The van der Waals surface area contributed by atoms with Gasteiger partial charge in [0.2, 0.25) is 0 Å². The van der Waals surface area contributed by atoms with Gasteiger partial charge in [-0.25, -0.2) is 0 Å². The van der Waals surface area contributed by atoms with Gasteiger partial charge in [0.15, 0.2) is 0 Å². The summed E-state index contributed by atoms with van der Waals surface area (Å²) in [7, 11) is 0. The van der Waals surface area contributed by atoms with E-state index in [0.29, 0.717) is 0 Å². The quantitative estimate of drug-likeness (QED) is 0.164. The van der Waals surface area contributed by atoms with E-state index >= 15 is 0 Å². The molecule has 2 aromatic heterocycles. The molecule has 0 nitrogen and oxygen atoms in total. The van der Waals surface area contributed by atoms with Crippen molar-refractivity contribution < 1.29 is 0 Å². The standard InChI is InChI=1S/C48H28S2/c1-2-10-30-25-31(18-17-29(30)9-1)32-19-22-39-42(26-32)48(34-21-24-46-41(28-34)36-12-6-8-16-44(36)50-46)38-14-4-3-13-37(38)47(39)33-20-23-45-40(27-33)35-11-5-7-15-43(35)49-45/h1-28H. The molecule has 0 atom stereocenters. The first-order valence-electron chi connectivity index (χ1n) is 17.1. The highest BCUT2D eigenvalue weighted by atomic mass is 32.1. The van der Waals surface area contributed by atoms with Crippen molar-refractivity contribution in [1.29, 1.82) is 0 Å². The summed E-state index contributed by atoms with van der Waals surface area (Å²) in [6.45, 7) is 0. The molecule has 0 N–H and O–H groups in total. The zero-order valence-electron chi connectivity index (χ0n) is 27.0. The van der Waals surface area contributed by atoms with Crippen molar-refractivity contribution in [3.05, 3.63) is 170 Å². The van der Waals surface area contributed by atoms with Crippen LogP contribution in [0.5, 0.6) is 0 Å². The fourth-order valence-corrected chi connectivity index (χ4v) is 10.3. The van der Waals surface area contributed by atoms with E-state index in [1.807, 2.05) is 22.7 Å². The lowest BCUT2D eigenvalue weighted by Crippen LogP contribution is -1.92. The average Bonchev–Trinajstić information content (AvgIpc) is 3.74. The van der Waals surface area contributed by atoms with Gasteiger partial charge in [0.1, 0.15) is 0 Å². The monoisotopic (exact) mass is 668 g/mol. The summed E-state index contributed by atoms with van der Waals surface area (Å²) >= 11 is 3.75. The van der Waals surface area contributed by atoms with Crippen LogP contribution in [0.15, 0.2) is 170 Å².